The monoisotopic (exact) mass is 249 g/mol. The van der Waals surface area contributed by atoms with E-state index in [1.54, 1.807) is 0 Å². The van der Waals surface area contributed by atoms with Gasteiger partial charge in [0, 0.05) is 38.4 Å². The van der Waals surface area contributed by atoms with Gasteiger partial charge in [0.2, 0.25) is 5.95 Å². The van der Waals surface area contributed by atoms with Gasteiger partial charge in [-0.25, -0.2) is 4.98 Å². The molecule has 100 valence electrons. The van der Waals surface area contributed by atoms with E-state index < -0.39 is 0 Å². The Bertz CT molecular complexity index is 381. The summed E-state index contributed by atoms with van der Waals surface area (Å²) in [7, 11) is 2.17. The van der Waals surface area contributed by atoms with Crippen molar-refractivity contribution in [3.63, 3.8) is 0 Å². The Morgan fingerprint density at radius 3 is 3.00 bits per heavy atom. The molecule has 2 rings (SSSR count). The molecule has 18 heavy (non-hydrogen) atoms. The van der Waals surface area contributed by atoms with Crippen LogP contribution in [0.5, 0.6) is 0 Å². The van der Waals surface area contributed by atoms with E-state index in [0.717, 1.165) is 44.4 Å². The predicted octanol–water partition coefficient (Wildman–Crippen LogP) is 1.44. The highest BCUT2D eigenvalue weighted by Gasteiger charge is 2.22. The van der Waals surface area contributed by atoms with Gasteiger partial charge in [-0.05, 0) is 26.5 Å². The van der Waals surface area contributed by atoms with Gasteiger partial charge in [0.05, 0.1) is 0 Å². The topological polar surface area (TPSA) is 44.3 Å². The molecule has 1 saturated heterocycles. The molecule has 1 N–H and O–H groups in total. The molecule has 1 unspecified atom stereocenters. The highest BCUT2D eigenvalue weighted by molar-refractivity contribution is 5.44. The first-order valence-electron chi connectivity index (χ1n) is 6.72. The summed E-state index contributed by atoms with van der Waals surface area (Å²) in [4.78, 5) is 13.6. The standard InChI is InChI=1S/C13H23N5/c1-4-6-14-13-15-7-5-12(16-13)18-9-8-17(3)10-11(18)2/h5,7,11H,4,6,8-10H2,1-3H3,(H,14,15,16). The van der Waals surface area contributed by atoms with E-state index in [1.165, 1.54) is 0 Å². The number of hydrogen-bond donors (Lipinski definition) is 1. The number of anilines is 2. The summed E-state index contributed by atoms with van der Waals surface area (Å²) in [6.45, 7) is 8.51. The lowest BCUT2D eigenvalue weighted by Crippen LogP contribution is -2.50. The normalized spacial score (nSPS) is 21.1. The second-order valence-electron chi connectivity index (χ2n) is 4.97. The van der Waals surface area contributed by atoms with Crippen molar-refractivity contribution in [2.75, 3.05) is 43.4 Å². The second-order valence-corrected chi connectivity index (χ2v) is 4.97. The fourth-order valence-electron chi connectivity index (χ4n) is 2.31. The van der Waals surface area contributed by atoms with Gasteiger partial charge in [0.25, 0.3) is 0 Å². The molecule has 1 aliphatic rings. The lowest BCUT2D eigenvalue weighted by molar-refractivity contribution is 0.274. The molecule has 5 nitrogen and oxygen atoms in total. The van der Waals surface area contributed by atoms with Gasteiger partial charge in [0.1, 0.15) is 5.82 Å². The zero-order valence-corrected chi connectivity index (χ0v) is 11.6. The fourth-order valence-corrected chi connectivity index (χ4v) is 2.31. The lowest BCUT2D eigenvalue weighted by Gasteiger charge is -2.39. The van der Waals surface area contributed by atoms with Crippen LogP contribution in [0.1, 0.15) is 20.3 Å². The van der Waals surface area contributed by atoms with Crippen LogP contribution in [0.4, 0.5) is 11.8 Å². The summed E-state index contributed by atoms with van der Waals surface area (Å²) in [5, 5.41) is 3.24. The average Bonchev–Trinajstić information content (AvgIpc) is 2.36. The van der Waals surface area contributed by atoms with Crippen molar-refractivity contribution in [3.8, 4) is 0 Å². The Kier molecular flexibility index (Phi) is 4.36. The molecule has 1 fully saturated rings. The summed E-state index contributed by atoms with van der Waals surface area (Å²) in [6, 6.07) is 2.50. The Labute approximate surface area is 109 Å². The van der Waals surface area contributed by atoms with Crippen molar-refractivity contribution >= 4 is 11.8 Å². The fraction of sp³-hybridized carbons (Fsp3) is 0.692. The molecule has 0 spiro atoms. The molecular formula is C13H23N5. The SMILES string of the molecule is CCCNc1nccc(N2CCN(C)CC2C)n1. The highest BCUT2D eigenvalue weighted by Crippen LogP contribution is 2.18. The van der Waals surface area contributed by atoms with Crippen LogP contribution in [0.15, 0.2) is 12.3 Å². The molecule has 1 aromatic heterocycles. The van der Waals surface area contributed by atoms with E-state index in [9.17, 15) is 0 Å². The molecule has 1 aromatic rings. The van der Waals surface area contributed by atoms with E-state index in [0.29, 0.717) is 6.04 Å². The molecule has 0 bridgehead atoms. The van der Waals surface area contributed by atoms with Gasteiger partial charge in [-0.2, -0.15) is 4.98 Å². The number of aromatic nitrogens is 2. The first-order valence-corrected chi connectivity index (χ1v) is 6.72. The van der Waals surface area contributed by atoms with E-state index >= 15 is 0 Å². The number of likely N-dealkylation sites (N-methyl/N-ethyl adjacent to an activating group) is 1. The van der Waals surface area contributed by atoms with Crippen LogP contribution >= 0.6 is 0 Å². The van der Waals surface area contributed by atoms with Crippen LogP contribution in [-0.2, 0) is 0 Å². The Balaban J connectivity index is 2.07. The Hall–Kier alpha value is -1.36. The van der Waals surface area contributed by atoms with Crippen molar-refractivity contribution in [1.82, 2.24) is 14.9 Å². The van der Waals surface area contributed by atoms with Crippen molar-refractivity contribution in [1.29, 1.82) is 0 Å². The molecule has 0 aromatic carbocycles. The largest absolute Gasteiger partial charge is 0.354 e. The molecule has 0 radical (unpaired) electrons. The first kappa shape index (κ1) is 13.1. The van der Waals surface area contributed by atoms with Crippen LogP contribution in [-0.4, -0.2) is 54.1 Å². The molecule has 1 atom stereocenters. The van der Waals surface area contributed by atoms with Gasteiger partial charge < -0.3 is 15.1 Å². The molecular weight excluding hydrogens is 226 g/mol. The molecule has 5 heteroatoms. The van der Waals surface area contributed by atoms with Crippen LogP contribution in [0.2, 0.25) is 0 Å². The van der Waals surface area contributed by atoms with Crippen LogP contribution in [0.25, 0.3) is 0 Å². The number of rotatable bonds is 4. The molecule has 1 aliphatic heterocycles. The zero-order chi connectivity index (χ0) is 13.0. The average molecular weight is 249 g/mol. The third-order valence-electron chi connectivity index (χ3n) is 3.30. The minimum absolute atomic E-state index is 0.498. The number of nitrogens with zero attached hydrogens (tertiary/aromatic N) is 4. The van der Waals surface area contributed by atoms with E-state index in [2.05, 4.69) is 46.0 Å². The maximum absolute atomic E-state index is 4.59. The summed E-state index contributed by atoms with van der Waals surface area (Å²) in [5.41, 5.74) is 0. The van der Waals surface area contributed by atoms with Crippen molar-refractivity contribution < 1.29 is 0 Å². The third kappa shape index (κ3) is 3.10. The minimum Gasteiger partial charge on any atom is -0.354 e. The summed E-state index contributed by atoms with van der Waals surface area (Å²) in [5.74, 6) is 1.77. The lowest BCUT2D eigenvalue weighted by atomic mass is 10.2. The first-order chi connectivity index (χ1) is 8.70. The van der Waals surface area contributed by atoms with Crippen LogP contribution in [0, 0.1) is 0 Å². The quantitative estimate of drug-likeness (QED) is 0.874. The van der Waals surface area contributed by atoms with Crippen molar-refractivity contribution in [2.24, 2.45) is 0 Å². The molecule has 0 saturated carbocycles. The van der Waals surface area contributed by atoms with E-state index in [-0.39, 0.29) is 0 Å². The third-order valence-corrected chi connectivity index (χ3v) is 3.30. The maximum atomic E-state index is 4.59. The van der Waals surface area contributed by atoms with E-state index in [1.807, 2.05) is 12.3 Å². The van der Waals surface area contributed by atoms with Gasteiger partial charge in [-0.15, -0.1) is 0 Å². The maximum Gasteiger partial charge on any atom is 0.224 e. The van der Waals surface area contributed by atoms with Crippen LogP contribution < -0.4 is 10.2 Å². The van der Waals surface area contributed by atoms with Gasteiger partial charge in [-0.1, -0.05) is 6.92 Å². The molecule has 0 aliphatic carbocycles. The molecule has 0 amide bonds. The Morgan fingerprint density at radius 2 is 2.28 bits per heavy atom. The minimum atomic E-state index is 0.498. The van der Waals surface area contributed by atoms with Crippen molar-refractivity contribution in [2.45, 2.75) is 26.3 Å². The zero-order valence-electron chi connectivity index (χ0n) is 11.6. The Morgan fingerprint density at radius 1 is 1.44 bits per heavy atom. The van der Waals surface area contributed by atoms with E-state index in [4.69, 9.17) is 0 Å². The number of nitrogens with one attached hydrogen (secondary N) is 1. The summed E-state index contributed by atoms with van der Waals surface area (Å²) >= 11 is 0. The molecule has 2 heterocycles. The summed E-state index contributed by atoms with van der Waals surface area (Å²) < 4.78 is 0. The van der Waals surface area contributed by atoms with Gasteiger partial charge in [-0.3, -0.25) is 0 Å². The van der Waals surface area contributed by atoms with Gasteiger partial charge in [0.15, 0.2) is 0 Å². The van der Waals surface area contributed by atoms with Gasteiger partial charge >= 0.3 is 0 Å². The second kappa shape index (κ2) is 6.00. The predicted molar refractivity (Wildman–Crippen MR) is 75.1 cm³/mol. The highest BCUT2D eigenvalue weighted by atomic mass is 15.3. The summed E-state index contributed by atoms with van der Waals surface area (Å²) in [6.07, 6.45) is 2.92. The number of piperazine rings is 1. The van der Waals surface area contributed by atoms with Crippen molar-refractivity contribution in [3.05, 3.63) is 12.3 Å². The number of hydrogen-bond acceptors (Lipinski definition) is 5. The van der Waals surface area contributed by atoms with Crippen LogP contribution in [0.3, 0.4) is 0 Å². The smallest absolute Gasteiger partial charge is 0.224 e.